The van der Waals surface area contributed by atoms with E-state index in [1.807, 2.05) is 61.7 Å². The van der Waals surface area contributed by atoms with Gasteiger partial charge in [0.25, 0.3) is 0 Å². The molecular formula is C22H29N5O2. The Kier molecular flexibility index (Phi) is 6.17. The van der Waals surface area contributed by atoms with E-state index < -0.39 is 6.04 Å². The normalized spacial score (nSPS) is 12.5. The van der Waals surface area contributed by atoms with E-state index in [0.717, 1.165) is 28.8 Å². The molecule has 7 nitrogen and oxygen atoms in total. The Balaban J connectivity index is 1.93. The number of aromatic nitrogens is 3. The average molecular weight is 396 g/mol. The van der Waals surface area contributed by atoms with Crippen molar-refractivity contribution in [1.82, 2.24) is 24.3 Å². The number of rotatable bonds is 8. The Hall–Kier alpha value is -2.93. The molecule has 0 radical (unpaired) electrons. The highest BCUT2D eigenvalue weighted by Gasteiger charge is 2.25. The van der Waals surface area contributed by atoms with Crippen LogP contribution >= 0.6 is 0 Å². The molecule has 0 spiro atoms. The summed E-state index contributed by atoms with van der Waals surface area (Å²) in [6.45, 7) is 7.21. The minimum absolute atomic E-state index is 0.00351. The third kappa shape index (κ3) is 4.40. The van der Waals surface area contributed by atoms with Gasteiger partial charge >= 0.3 is 0 Å². The van der Waals surface area contributed by atoms with Gasteiger partial charge in [0.1, 0.15) is 6.04 Å². The van der Waals surface area contributed by atoms with Crippen LogP contribution in [0.1, 0.15) is 41.6 Å². The average Bonchev–Trinajstić information content (AvgIpc) is 3.27. The van der Waals surface area contributed by atoms with E-state index in [0.29, 0.717) is 18.7 Å². The molecule has 7 heteroatoms. The summed E-state index contributed by atoms with van der Waals surface area (Å²) in [6, 6.07) is 7.28. The maximum atomic E-state index is 13.5. The molecule has 3 rings (SSSR count). The summed E-state index contributed by atoms with van der Waals surface area (Å²) in [5.74, 6) is 0.00122. The van der Waals surface area contributed by atoms with Gasteiger partial charge in [-0.25, -0.2) is 4.98 Å². The zero-order valence-electron chi connectivity index (χ0n) is 17.8. The van der Waals surface area contributed by atoms with Crippen LogP contribution in [0.25, 0.3) is 10.9 Å². The lowest BCUT2D eigenvalue weighted by Crippen LogP contribution is -2.40. The number of imidazole rings is 1. The maximum Gasteiger partial charge on any atom is 0.245 e. The number of aromatic amines is 1. The van der Waals surface area contributed by atoms with Gasteiger partial charge in [0.05, 0.1) is 18.6 Å². The smallest absolute Gasteiger partial charge is 0.245 e. The molecule has 1 N–H and O–H groups in total. The Morgan fingerprint density at radius 3 is 2.55 bits per heavy atom. The minimum Gasteiger partial charge on any atom is -0.348 e. The second-order valence-corrected chi connectivity index (χ2v) is 7.74. The summed E-state index contributed by atoms with van der Waals surface area (Å²) in [6.07, 6.45) is 3.46. The minimum atomic E-state index is -0.436. The van der Waals surface area contributed by atoms with Gasteiger partial charge in [0.15, 0.2) is 5.78 Å². The number of benzene rings is 1. The number of hydrogen-bond acceptors (Lipinski definition) is 4. The number of nitrogens with zero attached hydrogens (tertiary/aromatic N) is 4. The van der Waals surface area contributed by atoms with E-state index in [9.17, 15) is 9.59 Å². The first-order valence-corrected chi connectivity index (χ1v) is 9.82. The second kappa shape index (κ2) is 8.61. The fraction of sp³-hybridized carbons (Fsp3) is 0.409. The predicted molar refractivity (Wildman–Crippen MR) is 114 cm³/mol. The Bertz CT molecular complexity index is 1020. The summed E-state index contributed by atoms with van der Waals surface area (Å²) < 4.78 is 1.91. The summed E-state index contributed by atoms with van der Waals surface area (Å²) >= 11 is 0. The van der Waals surface area contributed by atoms with Crippen molar-refractivity contribution in [1.29, 1.82) is 0 Å². The van der Waals surface area contributed by atoms with Gasteiger partial charge in [0, 0.05) is 41.4 Å². The number of aryl methyl sites for hydroxylation is 1. The molecule has 2 heterocycles. The van der Waals surface area contributed by atoms with Gasteiger partial charge < -0.3 is 19.4 Å². The van der Waals surface area contributed by atoms with E-state index in [1.165, 1.54) is 0 Å². The van der Waals surface area contributed by atoms with E-state index >= 15 is 0 Å². The Labute approximate surface area is 171 Å². The fourth-order valence-corrected chi connectivity index (χ4v) is 3.50. The van der Waals surface area contributed by atoms with Crippen LogP contribution in [0.2, 0.25) is 0 Å². The Morgan fingerprint density at radius 1 is 1.21 bits per heavy atom. The van der Waals surface area contributed by atoms with E-state index in [4.69, 9.17) is 0 Å². The van der Waals surface area contributed by atoms with Crippen LogP contribution in [0.15, 0.2) is 36.8 Å². The van der Waals surface area contributed by atoms with Crippen LogP contribution in [0.5, 0.6) is 0 Å². The van der Waals surface area contributed by atoms with Crippen LogP contribution in [-0.2, 0) is 11.3 Å². The first kappa shape index (κ1) is 20.8. The molecule has 154 valence electrons. The number of Topliss-reactive ketones (excluding diaryl/α,β-unsaturated/α-hetero) is 1. The second-order valence-electron chi connectivity index (χ2n) is 7.74. The molecule has 1 atom stereocenters. The van der Waals surface area contributed by atoms with Gasteiger partial charge in [-0.05, 0) is 40.9 Å². The molecule has 0 saturated carbocycles. The molecule has 1 amide bonds. The highest BCUT2D eigenvalue weighted by molar-refractivity contribution is 6.07. The number of carbonyl (C=O) groups excluding carboxylic acids is 2. The van der Waals surface area contributed by atoms with Crippen molar-refractivity contribution in [3.05, 3.63) is 53.7 Å². The molecule has 3 aromatic rings. The number of likely N-dealkylation sites (N-methyl/N-ethyl adjacent to an activating group) is 1. The Morgan fingerprint density at radius 2 is 1.93 bits per heavy atom. The molecule has 0 aliphatic carbocycles. The number of fused-ring (bicyclic) bond motifs is 1. The standard InChI is InChI=1S/C22H29N5O2/c1-15-20(24-14-23-15)13-26(11-10-25(4)5)22(29)16(2)27-12-19(17(3)28)18-8-6-7-9-21(18)27/h6-9,12,14,16H,10-11,13H2,1-5H3,(H,23,24). The number of carbonyl (C=O) groups is 2. The highest BCUT2D eigenvalue weighted by Crippen LogP contribution is 2.26. The van der Waals surface area contributed by atoms with E-state index in [2.05, 4.69) is 14.9 Å². The summed E-state index contributed by atoms with van der Waals surface area (Å²) in [5.41, 5.74) is 3.36. The topological polar surface area (TPSA) is 74.2 Å². The molecular weight excluding hydrogens is 366 g/mol. The lowest BCUT2D eigenvalue weighted by molar-refractivity contribution is -0.135. The predicted octanol–water partition coefficient (Wildman–Crippen LogP) is 3.03. The lowest BCUT2D eigenvalue weighted by atomic mass is 10.1. The molecule has 0 bridgehead atoms. The summed E-state index contributed by atoms with van der Waals surface area (Å²) in [7, 11) is 3.98. The maximum absolute atomic E-state index is 13.5. The molecule has 1 unspecified atom stereocenters. The van der Waals surface area contributed by atoms with Crippen molar-refractivity contribution >= 4 is 22.6 Å². The summed E-state index contributed by atoms with van der Waals surface area (Å²) in [5, 5.41) is 0.877. The molecule has 0 saturated heterocycles. The molecule has 0 fully saturated rings. The number of amides is 1. The third-order valence-corrected chi connectivity index (χ3v) is 5.30. The van der Waals surface area contributed by atoms with Crippen molar-refractivity contribution in [2.24, 2.45) is 0 Å². The van der Waals surface area contributed by atoms with Crippen molar-refractivity contribution < 1.29 is 9.59 Å². The largest absolute Gasteiger partial charge is 0.348 e. The number of para-hydroxylation sites is 1. The zero-order valence-corrected chi connectivity index (χ0v) is 17.8. The van der Waals surface area contributed by atoms with Gasteiger partial charge in [-0.3, -0.25) is 9.59 Å². The quantitative estimate of drug-likeness (QED) is 0.595. The monoisotopic (exact) mass is 395 g/mol. The van der Waals surface area contributed by atoms with E-state index in [-0.39, 0.29) is 11.7 Å². The SMILES string of the molecule is CC(=O)c1cn(C(C)C(=O)N(CCN(C)C)Cc2nc[nH]c2C)c2ccccc12. The number of hydrogen-bond donors (Lipinski definition) is 1. The van der Waals surface area contributed by atoms with Crippen molar-refractivity contribution in [2.45, 2.75) is 33.4 Å². The molecule has 0 aliphatic rings. The van der Waals surface area contributed by atoms with Gasteiger partial charge in [-0.15, -0.1) is 0 Å². The van der Waals surface area contributed by atoms with Crippen LogP contribution in [0.3, 0.4) is 0 Å². The van der Waals surface area contributed by atoms with Crippen LogP contribution in [0.4, 0.5) is 0 Å². The van der Waals surface area contributed by atoms with E-state index in [1.54, 1.807) is 19.4 Å². The van der Waals surface area contributed by atoms with Crippen molar-refractivity contribution in [3.63, 3.8) is 0 Å². The van der Waals surface area contributed by atoms with Gasteiger partial charge in [-0.1, -0.05) is 18.2 Å². The summed E-state index contributed by atoms with van der Waals surface area (Å²) in [4.78, 5) is 36.9. The fourth-order valence-electron chi connectivity index (χ4n) is 3.50. The molecule has 2 aromatic heterocycles. The molecule has 29 heavy (non-hydrogen) atoms. The van der Waals surface area contributed by atoms with Crippen LogP contribution < -0.4 is 0 Å². The first-order chi connectivity index (χ1) is 13.8. The van der Waals surface area contributed by atoms with Gasteiger partial charge in [0.2, 0.25) is 5.91 Å². The molecule has 0 aliphatic heterocycles. The van der Waals surface area contributed by atoms with Crippen LogP contribution in [0, 0.1) is 6.92 Å². The third-order valence-electron chi connectivity index (χ3n) is 5.30. The number of nitrogens with one attached hydrogen (secondary N) is 1. The lowest BCUT2D eigenvalue weighted by Gasteiger charge is -2.27. The zero-order chi connectivity index (χ0) is 21.1. The number of H-pyrrole nitrogens is 1. The van der Waals surface area contributed by atoms with Crippen molar-refractivity contribution in [3.8, 4) is 0 Å². The molecule has 1 aromatic carbocycles. The van der Waals surface area contributed by atoms with Gasteiger partial charge in [-0.2, -0.15) is 0 Å². The van der Waals surface area contributed by atoms with Crippen molar-refractivity contribution in [2.75, 3.05) is 27.2 Å². The first-order valence-electron chi connectivity index (χ1n) is 9.82. The number of ketones is 1. The van der Waals surface area contributed by atoms with Crippen LogP contribution in [-0.4, -0.2) is 63.2 Å². The highest BCUT2D eigenvalue weighted by atomic mass is 16.2.